The molecule has 0 unspecified atom stereocenters. The zero-order chi connectivity index (χ0) is 14.5. The second-order valence-corrected chi connectivity index (χ2v) is 5.81. The number of hydrogen-bond acceptors (Lipinski definition) is 2. The van der Waals surface area contributed by atoms with Gasteiger partial charge in [0.2, 0.25) is 0 Å². The summed E-state index contributed by atoms with van der Waals surface area (Å²) in [7, 11) is 0. The Bertz CT molecular complexity index is 558. The van der Waals surface area contributed by atoms with Crippen molar-refractivity contribution >= 4 is 15.9 Å². The van der Waals surface area contributed by atoms with Gasteiger partial charge in [0.25, 0.3) is 0 Å². The number of rotatable bonds is 6. The van der Waals surface area contributed by atoms with E-state index in [2.05, 4.69) is 58.7 Å². The fraction of sp³-hybridized carbons (Fsp3) is 0.438. The zero-order valence-corrected chi connectivity index (χ0v) is 13.8. The Labute approximate surface area is 129 Å². The third-order valence-electron chi connectivity index (χ3n) is 3.55. The van der Waals surface area contributed by atoms with Crippen LogP contribution in [-0.4, -0.2) is 16.3 Å². The van der Waals surface area contributed by atoms with E-state index in [9.17, 15) is 0 Å². The molecule has 2 rings (SSSR count). The lowest BCUT2D eigenvalue weighted by atomic mass is 10.0. The molecule has 0 saturated carbocycles. The van der Waals surface area contributed by atoms with Crippen molar-refractivity contribution in [1.82, 2.24) is 9.78 Å². The van der Waals surface area contributed by atoms with Gasteiger partial charge in [-0.2, -0.15) is 5.10 Å². The zero-order valence-electron chi connectivity index (χ0n) is 12.2. The van der Waals surface area contributed by atoms with Crippen molar-refractivity contribution in [3.05, 3.63) is 51.3 Å². The van der Waals surface area contributed by atoms with Gasteiger partial charge in [-0.15, -0.1) is 0 Å². The Morgan fingerprint density at radius 2 is 1.85 bits per heavy atom. The highest BCUT2D eigenvalue weighted by Gasteiger charge is 2.15. The summed E-state index contributed by atoms with van der Waals surface area (Å²) in [5.41, 5.74) is 10.9. The number of nitrogens with two attached hydrogens (primary N) is 1. The molecule has 4 heteroatoms. The molecule has 1 heterocycles. The molecule has 0 spiro atoms. The lowest BCUT2D eigenvalue weighted by molar-refractivity contribution is 0.589. The minimum absolute atomic E-state index is 0.634. The summed E-state index contributed by atoms with van der Waals surface area (Å²) < 4.78 is 3.21. The van der Waals surface area contributed by atoms with Crippen molar-refractivity contribution < 1.29 is 0 Å². The van der Waals surface area contributed by atoms with Gasteiger partial charge in [-0.3, -0.25) is 4.68 Å². The summed E-state index contributed by atoms with van der Waals surface area (Å²) in [6, 6.07) is 8.53. The van der Waals surface area contributed by atoms with E-state index in [0.717, 1.165) is 30.3 Å². The van der Waals surface area contributed by atoms with E-state index in [1.807, 2.05) is 0 Å². The second kappa shape index (κ2) is 7.04. The fourth-order valence-corrected chi connectivity index (χ4v) is 2.85. The molecule has 2 N–H and O–H groups in total. The molecule has 0 aliphatic heterocycles. The molecule has 0 atom stereocenters. The molecule has 1 aromatic heterocycles. The maximum absolute atomic E-state index is 5.69. The van der Waals surface area contributed by atoms with Gasteiger partial charge < -0.3 is 5.73 Å². The summed E-state index contributed by atoms with van der Waals surface area (Å²) in [6.07, 6.45) is 2.92. The maximum atomic E-state index is 5.69. The van der Waals surface area contributed by atoms with Crippen molar-refractivity contribution in [2.75, 3.05) is 6.54 Å². The maximum Gasteiger partial charge on any atom is 0.0660 e. The molecule has 0 radical (unpaired) electrons. The molecule has 0 amide bonds. The Hall–Kier alpha value is -1.13. The predicted molar refractivity (Wildman–Crippen MR) is 87.0 cm³/mol. The summed E-state index contributed by atoms with van der Waals surface area (Å²) in [5, 5.41) is 4.73. The normalized spacial score (nSPS) is 11.0. The first kappa shape index (κ1) is 15.3. The van der Waals surface area contributed by atoms with Crippen LogP contribution in [-0.2, 0) is 25.8 Å². The van der Waals surface area contributed by atoms with E-state index in [1.54, 1.807) is 0 Å². The van der Waals surface area contributed by atoms with Gasteiger partial charge in [-0.05, 0) is 30.5 Å². The molecule has 0 saturated heterocycles. The van der Waals surface area contributed by atoms with Crippen LogP contribution in [0.1, 0.15) is 36.4 Å². The van der Waals surface area contributed by atoms with Crippen LogP contribution >= 0.6 is 15.9 Å². The van der Waals surface area contributed by atoms with Crippen LogP contribution in [0.3, 0.4) is 0 Å². The third-order valence-corrected chi connectivity index (χ3v) is 4.08. The monoisotopic (exact) mass is 335 g/mol. The van der Waals surface area contributed by atoms with Crippen molar-refractivity contribution in [3.63, 3.8) is 0 Å². The number of benzene rings is 1. The van der Waals surface area contributed by atoms with Gasteiger partial charge in [-0.1, -0.05) is 41.9 Å². The molecule has 0 fully saturated rings. The predicted octanol–water partition coefficient (Wildman–Crippen LogP) is 3.32. The number of halogens is 1. The number of aromatic nitrogens is 2. The highest BCUT2D eigenvalue weighted by Crippen LogP contribution is 2.21. The van der Waals surface area contributed by atoms with Crippen LogP contribution in [0.5, 0.6) is 0 Å². The summed E-state index contributed by atoms with van der Waals surface area (Å²) >= 11 is 3.48. The lowest BCUT2D eigenvalue weighted by Gasteiger charge is -2.07. The molecular weight excluding hydrogens is 314 g/mol. The first-order chi connectivity index (χ1) is 9.69. The van der Waals surface area contributed by atoms with E-state index in [-0.39, 0.29) is 0 Å². The average molecular weight is 336 g/mol. The second-order valence-electron chi connectivity index (χ2n) is 4.89. The molecule has 0 aliphatic rings. The fourth-order valence-electron chi connectivity index (χ4n) is 2.59. The van der Waals surface area contributed by atoms with Crippen LogP contribution in [0.25, 0.3) is 0 Å². The highest BCUT2D eigenvalue weighted by atomic mass is 79.9. The van der Waals surface area contributed by atoms with Crippen molar-refractivity contribution in [2.24, 2.45) is 5.73 Å². The molecule has 2 aromatic rings. The molecule has 108 valence electrons. The van der Waals surface area contributed by atoms with Crippen molar-refractivity contribution in [2.45, 2.75) is 39.7 Å². The summed E-state index contributed by atoms with van der Waals surface area (Å²) in [4.78, 5) is 0. The van der Waals surface area contributed by atoms with Crippen LogP contribution in [0, 0.1) is 0 Å². The van der Waals surface area contributed by atoms with Gasteiger partial charge in [-0.25, -0.2) is 0 Å². The first-order valence-electron chi connectivity index (χ1n) is 7.21. The van der Waals surface area contributed by atoms with E-state index in [0.29, 0.717) is 6.54 Å². The standard InChI is InChI=1S/C16H22BrN3/c1-3-15-14(11-12-5-7-13(17)8-6-12)16(4-2)20(19-15)10-9-18/h5-8H,3-4,9-11,18H2,1-2H3. The van der Waals surface area contributed by atoms with Crippen LogP contribution < -0.4 is 5.73 Å². The topological polar surface area (TPSA) is 43.8 Å². The first-order valence-corrected chi connectivity index (χ1v) is 8.00. The lowest BCUT2D eigenvalue weighted by Crippen LogP contribution is -2.13. The van der Waals surface area contributed by atoms with E-state index < -0.39 is 0 Å². The van der Waals surface area contributed by atoms with Crippen LogP contribution in [0.2, 0.25) is 0 Å². The summed E-state index contributed by atoms with van der Waals surface area (Å²) in [5.74, 6) is 0. The molecular formula is C16H22BrN3. The quantitative estimate of drug-likeness (QED) is 0.879. The Morgan fingerprint density at radius 1 is 1.15 bits per heavy atom. The van der Waals surface area contributed by atoms with E-state index >= 15 is 0 Å². The molecule has 1 aromatic carbocycles. The number of aryl methyl sites for hydroxylation is 1. The van der Waals surface area contributed by atoms with E-state index in [4.69, 9.17) is 10.8 Å². The van der Waals surface area contributed by atoms with Gasteiger partial charge in [0, 0.05) is 28.7 Å². The van der Waals surface area contributed by atoms with Crippen molar-refractivity contribution in [3.8, 4) is 0 Å². The smallest absolute Gasteiger partial charge is 0.0660 e. The molecule has 0 bridgehead atoms. The van der Waals surface area contributed by atoms with Crippen LogP contribution in [0.15, 0.2) is 28.7 Å². The molecule has 0 aliphatic carbocycles. The molecule has 20 heavy (non-hydrogen) atoms. The van der Waals surface area contributed by atoms with E-state index in [1.165, 1.54) is 22.5 Å². The largest absolute Gasteiger partial charge is 0.329 e. The molecule has 3 nitrogen and oxygen atoms in total. The minimum atomic E-state index is 0.634. The van der Waals surface area contributed by atoms with Crippen LogP contribution in [0.4, 0.5) is 0 Å². The van der Waals surface area contributed by atoms with Gasteiger partial charge in [0.1, 0.15) is 0 Å². The SMILES string of the molecule is CCc1nn(CCN)c(CC)c1Cc1ccc(Br)cc1. The number of hydrogen-bond donors (Lipinski definition) is 1. The summed E-state index contributed by atoms with van der Waals surface area (Å²) in [6.45, 7) is 5.79. The average Bonchev–Trinajstić information content (AvgIpc) is 2.78. The number of nitrogens with zero attached hydrogens (tertiary/aromatic N) is 2. The van der Waals surface area contributed by atoms with Gasteiger partial charge >= 0.3 is 0 Å². The van der Waals surface area contributed by atoms with Gasteiger partial charge in [0.05, 0.1) is 12.2 Å². The van der Waals surface area contributed by atoms with Gasteiger partial charge in [0.15, 0.2) is 0 Å². The Balaban J connectivity index is 2.35. The Kier molecular flexibility index (Phi) is 5.38. The Morgan fingerprint density at radius 3 is 2.40 bits per heavy atom. The highest BCUT2D eigenvalue weighted by molar-refractivity contribution is 9.10. The minimum Gasteiger partial charge on any atom is -0.329 e. The van der Waals surface area contributed by atoms with Crippen molar-refractivity contribution in [1.29, 1.82) is 0 Å². The third kappa shape index (κ3) is 3.30.